The number of nitrogens with zero attached hydrogens (tertiary/aromatic N) is 1. The minimum absolute atomic E-state index is 0.250. The first-order valence-electron chi connectivity index (χ1n) is 10.9. The van der Waals surface area contributed by atoms with Crippen molar-refractivity contribution in [3.63, 3.8) is 0 Å². The second kappa shape index (κ2) is 10.2. The maximum Gasteiger partial charge on any atom is 0.326 e. The Balaban J connectivity index is 1.67. The second-order valence-corrected chi connectivity index (χ2v) is 8.54. The van der Waals surface area contributed by atoms with Crippen LogP contribution in [0.25, 0.3) is 0 Å². The Bertz CT molecular complexity index is 778. The maximum absolute atomic E-state index is 13.2. The smallest absolute Gasteiger partial charge is 0.326 e. The summed E-state index contributed by atoms with van der Waals surface area (Å²) < 4.78 is 10.7. The number of likely N-dealkylation sites (tertiary alicyclic amines) is 1. The molecule has 8 nitrogen and oxygen atoms in total. The van der Waals surface area contributed by atoms with Crippen LogP contribution in [-0.4, -0.2) is 72.3 Å². The molecule has 2 aliphatic rings. The first-order valence-corrected chi connectivity index (χ1v) is 10.9. The summed E-state index contributed by atoms with van der Waals surface area (Å²) in [5, 5.41) is 12.8. The highest BCUT2D eigenvalue weighted by atomic mass is 16.5. The Morgan fingerprint density at radius 2 is 2.06 bits per heavy atom. The average molecular weight is 433 g/mol. The van der Waals surface area contributed by atoms with E-state index in [1.54, 1.807) is 13.8 Å². The summed E-state index contributed by atoms with van der Waals surface area (Å²) >= 11 is 0. The number of aryl methyl sites for hydroxylation is 1. The fourth-order valence-corrected chi connectivity index (χ4v) is 4.53. The number of rotatable bonds is 9. The molecule has 170 valence electrons. The van der Waals surface area contributed by atoms with Gasteiger partial charge in [0.25, 0.3) is 0 Å². The predicted octanol–water partition coefficient (Wildman–Crippen LogP) is 1.62. The monoisotopic (exact) mass is 432 g/mol. The highest BCUT2D eigenvalue weighted by Crippen LogP contribution is 2.41. The molecule has 2 aliphatic heterocycles. The van der Waals surface area contributed by atoms with Crippen molar-refractivity contribution < 1.29 is 29.0 Å². The number of hydrogen-bond donors (Lipinski definition) is 2. The molecule has 2 N–H and O–H groups in total. The molecule has 0 radical (unpaired) electrons. The van der Waals surface area contributed by atoms with Gasteiger partial charge in [-0.25, -0.2) is 4.79 Å². The van der Waals surface area contributed by atoms with Gasteiger partial charge in [-0.05, 0) is 45.1 Å². The summed E-state index contributed by atoms with van der Waals surface area (Å²) in [6, 6.07) is 7.54. The Morgan fingerprint density at radius 1 is 1.32 bits per heavy atom. The van der Waals surface area contributed by atoms with E-state index < -0.39 is 30.1 Å². The number of amides is 1. The first-order chi connectivity index (χ1) is 14.8. The van der Waals surface area contributed by atoms with Crippen LogP contribution in [0.5, 0.6) is 0 Å². The Hall–Kier alpha value is -2.45. The standard InChI is InChI=1S/C23H32N2O6/c1-3-31-22(29)18(10-9-17-7-5-4-6-8-17)24-16(2)20(26)25-14-23(11-12-30-15-23)13-19(25)21(27)28/h4-8,16,18-19,24H,3,9-15H2,1-2H3,(H,27,28)/t16-,18?,19-,23?/m0/s1. The van der Waals surface area contributed by atoms with E-state index in [1.165, 1.54) is 4.90 Å². The van der Waals surface area contributed by atoms with Crippen molar-refractivity contribution in [2.45, 2.75) is 57.7 Å². The fraction of sp³-hybridized carbons (Fsp3) is 0.609. The first kappa shape index (κ1) is 23.2. The summed E-state index contributed by atoms with van der Waals surface area (Å²) in [6.07, 6.45) is 2.28. The lowest BCUT2D eigenvalue weighted by Crippen LogP contribution is -2.53. The SMILES string of the molecule is CCOC(=O)C(CCc1ccccc1)N[C@@H](C)C(=O)N1CC2(CCOC2)C[C@H]1C(=O)O. The van der Waals surface area contributed by atoms with Gasteiger partial charge in [0.15, 0.2) is 0 Å². The molecular formula is C23H32N2O6. The van der Waals surface area contributed by atoms with Crippen LogP contribution in [-0.2, 0) is 30.3 Å². The molecule has 2 saturated heterocycles. The van der Waals surface area contributed by atoms with E-state index in [0.29, 0.717) is 39.0 Å². The van der Waals surface area contributed by atoms with Crippen LogP contribution >= 0.6 is 0 Å². The highest BCUT2D eigenvalue weighted by Gasteiger charge is 2.51. The molecule has 1 spiro atoms. The van der Waals surface area contributed by atoms with E-state index in [2.05, 4.69) is 5.32 Å². The molecule has 4 atom stereocenters. The van der Waals surface area contributed by atoms with Crippen molar-refractivity contribution in [3.05, 3.63) is 35.9 Å². The zero-order valence-electron chi connectivity index (χ0n) is 18.2. The predicted molar refractivity (Wildman–Crippen MR) is 113 cm³/mol. The van der Waals surface area contributed by atoms with Crippen LogP contribution in [0.4, 0.5) is 0 Å². The summed E-state index contributed by atoms with van der Waals surface area (Å²) in [6.45, 7) is 5.10. The minimum atomic E-state index is -1.00. The van der Waals surface area contributed by atoms with E-state index in [4.69, 9.17) is 9.47 Å². The second-order valence-electron chi connectivity index (χ2n) is 8.54. The van der Waals surface area contributed by atoms with Crippen LogP contribution in [0.2, 0.25) is 0 Å². The fourth-order valence-electron chi connectivity index (χ4n) is 4.53. The molecule has 8 heteroatoms. The molecule has 2 heterocycles. The average Bonchev–Trinajstić information content (AvgIpc) is 3.38. The lowest BCUT2D eigenvalue weighted by Gasteiger charge is -2.28. The largest absolute Gasteiger partial charge is 0.480 e. The third-order valence-electron chi connectivity index (χ3n) is 6.22. The van der Waals surface area contributed by atoms with Gasteiger partial charge < -0.3 is 19.5 Å². The molecule has 0 saturated carbocycles. The third kappa shape index (κ3) is 5.62. The molecular weight excluding hydrogens is 400 g/mol. The molecule has 0 aliphatic carbocycles. The van der Waals surface area contributed by atoms with E-state index in [-0.39, 0.29) is 17.9 Å². The Labute approximate surface area is 182 Å². The Kier molecular flexibility index (Phi) is 7.67. The number of carbonyl (C=O) groups is 3. The maximum atomic E-state index is 13.2. The van der Waals surface area contributed by atoms with Gasteiger partial charge >= 0.3 is 11.9 Å². The van der Waals surface area contributed by atoms with Crippen molar-refractivity contribution in [2.75, 3.05) is 26.4 Å². The Morgan fingerprint density at radius 3 is 2.68 bits per heavy atom. The van der Waals surface area contributed by atoms with Crippen LogP contribution in [0.3, 0.4) is 0 Å². The molecule has 0 aromatic heterocycles. The zero-order chi connectivity index (χ0) is 22.4. The topological polar surface area (TPSA) is 105 Å². The summed E-state index contributed by atoms with van der Waals surface area (Å²) in [5.74, 6) is -1.73. The van der Waals surface area contributed by atoms with Crippen molar-refractivity contribution in [2.24, 2.45) is 5.41 Å². The van der Waals surface area contributed by atoms with Crippen molar-refractivity contribution in [1.82, 2.24) is 10.2 Å². The number of benzene rings is 1. The molecule has 2 fully saturated rings. The molecule has 3 rings (SSSR count). The van der Waals surface area contributed by atoms with E-state index in [1.807, 2.05) is 30.3 Å². The number of nitrogens with one attached hydrogen (secondary N) is 1. The normalized spacial score (nSPS) is 24.8. The number of hydrogen-bond acceptors (Lipinski definition) is 6. The zero-order valence-corrected chi connectivity index (χ0v) is 18.2. The molecule has 31 heavy (non-hydrogen) atoms. The number of carboxylic acids is 1. The van der Waals surface area contributed by atoms with Crippen LogP contribution < -0.4 is 5.32 Å². The van der Waals surface area contributed by atoms with Crippen LogP contribution in [0.1, 0.15) is 38.7 Å². The van der Waals surface area contributed by atoms with E-state index in [9.17, 15) is 19.5 Å². The van der Waals surface area contributed by atoms with Crippen molar-refractivity contribution in [3.8, 4) is 0 Å². The van der Waals surface area contributed by atoms with Gasteiger partial charge in [0.2, 0.25) is 5.91 Å². The summed E-state index contributed by atoms with van der Waals surface area (Å²) in [7, 11) is 0. The number of carboxylic acid groups (broad SMARTS) is 1. The number of esters is 1. The lowest BCUT2D eigenvalue weighted by molar-refractivity contribution is -0.150. The van der Waals surface area contributed by atoms with Crippen molar-refractivity contribution >= 4 is 17.8 Å². The summed E-state index contributed by atoms with van der Waals surface area (Å²) in [4.78, 5) is 39.0. The quantitative estimate of drug-likeness (QED) is 0.571. The van der Waals surface area contributed by atoms with Crippen molar-refractivity contribution in [1.29, 1.82) is 0 Å². The highest BCUT2D eigenvalue weighted by molar-refractivity contribution is 5.88. The van der Waals surface area contributed by atoms with Gasteiger partial charge in [-0.1, -0.05) is 30.3 Å². The van der Waals surface area contributed by atoms with E-state index in [0.717, 1.165) is 12.0 Å². The van der Waals surface area contributed by atoms with Gasteiger partial charge in [-0.3, -0.25) is 14.9 Å². The molecule has 1 amide bonds. The van der Waals surface area contributed by atoms with Gasteiger partial charge in [0, 0.05) is 18.6 Å². The van der Waals surface area contributed by atoms with Crippen LogP contribution in [0.15, 0.2) is 30.3 Å². The number of aliphatic carboxylic acids is 1. The third-order valence-corrected chi connectivity index (χ3v) is 6.22. The van der Waals surface area contributed by atoms with E-state index >= 15 is 0 Å². The van der Waals surface area contributed by atoms with Gasteiger partial charge in [-0.2, -0.15) is 0 Å². The van der Waals surface area contributed by atoms with Gasteiger partial charge in [0.1, 0.15) is 12.1 Å². The minimum Gasteiger partial charge on any atom is -0.480 e. The number of carbonyl (C=O) groups excluding carboxylic acids is 2. The molecule has 0 bridgehead atoms. The number of ether oxygens (including phenoxy) is 2. The molecule has 1 aromatic carbocycles. The molecule has 1 aromatic rings. The van der Waals surface area contributed by atoms with Crippen LogP contribution in [0, 0.1) is 5.41 Å². The van der Waals surface area contributed by atoms with Gasteiger partial charge in [-0.15, -0.1) is 0 Å². The van der Waals surface area contributed by atoms with Gasteiger partial charge in [0.05, 0.1) is 19.3 Å². The summed E-state index contributed by atoms with van der Waals surface area (Å²) in [5.41, 5.74) is 0.804. The molecule has 2 unspecified atom stereocenters. The lowest BCUT2D eigenvalue weighted by atomic mass is 9.85.